The highest BCUT2D eigenvalue weighted by molar-refractivity contribution is 6.30. The lowest BCUT2D eigenvalue weighted by Gasteiger charge is -2.09. The summed E-state index contributed by atoms with van der Waals surface area (Å²) in [4.78, 5) is 16.2. The number of anilines is 1. The maximum Gasteiger partial charge on any atom is 0.258 e. The van der Waals surface area contributed by atoms with E-state index >= 15 is 0 Å². The van der Waals surface area contributed by atoms with Crippen molar-refractivity contribution in [3.63, 3.8) is 0 Å². The van der Waals surface area contributed by atoms with Crippen LogP contribution in [0.15, 0.2) is 65.7 Å². The van der Waals surface area contributed by atoms with Crippen LogP contribution in [0.5, 0.6) is 5.75 Å². The molecule has 0 aliphatic heterocycles. The summed E-state index contributed by atoms with van der Waals surface area (Å²) in [6, 6.07) is 13.9. The highest BCUT2D eigenvalue weighted by atomic mass is 35.5. The summed E-state index contributed by atoms with van der Waals surface area (Å²) in [5.74, 6) is 0.911. The van der Waals surface area contributed by atoms with Gasteiger partial charge in [0.05, 0.1) is 11.9 Å². The number of aromatic nitrogens is 2. The molecule has 0 spiro atoms. The second kappa shape index (κ2) is 6.54. The van der Waals surface area contributed by atoms with E-state index in [0.29, 0.717) is 28.9 Å². The molecule has 5 nitrogen and oxygen atoms in total. The van der Waals surface area contributed by atoms with Crippen molar-refractivity contribution in [2.45, 2.75) is 6.61 Å². The molecule has 6 heteroatoms. The summed E-state index contributed by atoms with van der Waals surface area (Å²) in [6.45, 7) is 0.365. The number of hydrogen-bond acceptors (Lipinski definition) is 4. The van der Waals surface area contributed by atoms with Crippen LogP contribution in [-0.4, -0.2) is 9.55 Å². The Hall–Kier alpha value is -2.79. The van der Waals surface area contributed by atoms with Gasteiger partial charge in [0, 0.05) is 17.3 Å². The molecule has 2 N–H and O–H groups in total. The van der Waals surface area contributed by atoms with E-state index in [-0.39, 0.29) is 5.56 Å². The van der Waals surface area contributed by atoms with Gasteiger partial charge in [0.15, 0.2) is 0 Å². The smallest absolute Gasteiger partial charge is 0.258 e. The lowest BCUT2D eigenvalue weighted by atomic mass is 10.2. The standard InChI is InChI=1S/C17H14ClN3O2/c18-13-3-1-12(2-4-13)11-23-15-7-8-21(17(22)9-15)14-5-6-16(19)20-10-14/h1-10H,11H2,(H2,19,20). The van der Waals surface area contributed by atoms with Crippen LogP contribution < -0.4 is 16.0 Å². The monoisotopic (exact) mass is 327 g/mol. The van der Waals surface area contributed by atoms with Gasteiger partial charge in [-0.25, -0.2) is 4.98 Å². The molecule has 3 aromatic rings. The zero-order valence-corrected chi connectivity index (χ0v) is 12.9. The fraction of sp³-hybridized carbons (Fsp3) is 0.0588. The van der Waals surface area contributed by atoms with Gasteiger partial charge in [-0.3, -0.25) is 9.36 Å². The predicted octanol–water partition coefficient (Wildman–Crippen LogP) is 3.05. The summed E-state index contributed by atoms with van der Waals surface area (Å²) in [5, 5.41) is 0.674. The molecule has 0 fully saturated rings. The minimum absolute atomic E-state index is 0.204. The molecule has 0 aliphatic carbocycles. The number of rotatable bonds is 4. The van der Waals surface area contributed by atoms with Crippen LogP contribution in [0.4, 0.5) is 5.82 Å². The van der Waals surface area contributed by atoms with E-state index < -0.39 is 0 Å². The van der Waals surface area contributed by atoms with Crippen LogP contribution in [0.1, 0.15) is 5.56 Å². The first kappa shape index (κ1) is 15.1. The molecule has 0 unspecified atom stereocenters. The van der Waals surface area contributed by atoms with E-state index in [1.807, 2.05) is 12.1 Å². The average molecular weight is 328 g/mol. The first-order valence-corrected chi connectivity index (χ1v) is 7.31. The first-order chi connectivity index (χ1) is 11.1. The Kier molecular flexibility index (Phi) is 4.30. The van der Waals surface area contributed by atoms with Gasteiger partial charge < -0.3 is 10.5 Å². The number of nitrogens with zero attached hydrogens (tertiary/aromatic N) is 2. The molecular weight excluding hydrogens is 314 g/mol. The van der Waals surface area contributed by atoms with E-state index in [9.17, 15) is 4.79 Å². The van der Waals surface area contributed by atoms with Gasteiger partial charge in [0.25, 0.3) is 5.56 Å². The molecule has 0 atom stereocenters. The molecular formula is C17H14ClN3O2. The summed E-state index contributed by atoms with van der Waals surface area (Å²) in [7, 11) is 0. The molecule has 2 heterocycles. The Morgan fingerprint density at radius 1 is 1.13 bits per heavy atom. The zero-order chi connectivity index (χ0) is 16.2. The van der Waals surface area contributed by atoms with Crippen molar-refractivity contribution in [2.75, 3.05) is 5.73 Å². The largest absolute Gasteiger partial charge is 0.489 e. The van der Waals surface area contributed by atoms with Crippen LogP contribution in [0.2, 0.25) is 5.02 Å². The van der Waals surface area contributed by atoms with Crippen LogP contribution in [0.25, 0.3) is 5.69 Å². The number of ether oxygens (including phenoxy) is 1. The Labute approximate surface area is 137 Å². The maximum atomic E-state index is 12.2. The van der Waals surface area contributed by atoms with Crippen molar-refractivity contribution in [1.82, 2.24) is 9.55 Å². The molecule has 0 radical (unpaired) electrons. The zero-order valence-electron chi connectivity index (χ0n) is 12.1. The lowest BCUT2D eigenvalue weighted by molar-refractivity contribution is 0.305. The minimum Gasteiger partial charge on any atom is -0.489 e. The van der Waals surface area contributed by atoms with Crippen LogP contribution >= 0.6 is 11.6 Å². The molecule has 0 aliphatic rings. The molecule has 2 aromatic heterocycles. The lowest BCUT2D eigenvalue weighted by Crippen LogP contribution is -2.17. The molecule has 0 amide bonds. The fourth-order valence-electron chi connectivity index (χ4n) is 2.05. The van der Waals surface area contributed by atoms with Crippen LogP contribution in [0.3, 0.4) is 0 Å². The Morgan fingerprint density at radius 3 is 2.57 bits per heavy atom. The topological polar surface area (TPSA) is 70.1 Å². The third kappa shape index (κ3) is 3.70. The second-order valence-electron chi connectivity index (χ2n) is 4.93. The number of nitrogen functional groups attached to an aromatic ring is 1. The number of pyridine rings is 2. The van der Waals surface area contributed by atoms with Crippen molar-refractivity contribution in [2.24, 2.45) is 0 Å². The Balaban J connectivity index is 1.75. The average Bonchev–Trinajstić information content (AvgIpc) is 2.55. The molecule has 3 rings (SSSR count). The van der Waals surface area contributed by atoms with Crippen LogP contribution in [-0.2, 0) is 6.61 Å². The highest BCUT2D eigenvalue weighted by Gasteiger charge is 2.03. The molecule has 0 bridgehead atoms. The second-order valence-corrected chi connectivity index (χ2v) is 5.36. The van der Waals surface area contributed by atoms with Crippen molar-refractivity contribution >= 4 is 17.4 Å². The van der Waals surface area contributed by atoms with E-state index in [2.05, 4.69) is 4.98 Å². The van der Waals surface area contributed by atoms with Crippen molar-refractivity contribution in [3.05, 3.63) is 81.9 Å². The highest BCUT2D eigenvalue weighted by Crippen LogP contribution is 2.14. The van der Waals surface area contributed by atoms with E-state index in [4.69, 9.17) is 22.1 Å². The third-order valence-corrected chi connectivity index (χ3v) is 3.51. The Bertz CT molecular complexity index is 858. The van der Waals surface area contributed by atoms with Gasteiger partial charge >= 0.3 is 0 Å². The molecule has 1 aromatic carbocycles. The number of benzene rings is 1. The van der Waals surface area contributed by atoms with Gasteiger partial charge in [0.2, 0.25) is 0 Å². The summed E-state index contributed by atoms with van der Waals surface area (Å²) in [5.41, 5.74) is 6.96. The van der Waals surface area contributed by atoms with Gasteiger partial charge in [-0.15, -0.1) is 0 Å². The summed E-state index contributed by atoms with van der Waals surface area (Å²) < 4.78 is 7.10. The summed E-state index contributed by atoms with van der Waals surface area (Å²) in [6.07, 6.45) is 3.19. The molecule has 116 valence electrons. The van der Waals surface area contributed by atoms with Crippen molar-refractivity contribution < 1.29 is 4.74 Å². The number of halogens is 1. The SMILES string of the molecule is Nc1ccc(-n2ccc(OCc3ccc(Cl)cc3)cc2=O)cn1. The van der Waals surface area contributed by atoms with Crippen molar-refractivity contribution in [3.8, 4) is 11.4 Å². The molecule has 23 heavy (non-hydrogen) atoms. The minimum atomic E-state index is -0.204. The van der Waals surface area contributed by atoms with Gasteiger partial charge in [-0.05, 0) is 35.9 Å². The quantitative estimate of drug-likeness (QED) is 0.799. The van der Waals surface area contributed by atoms with E-state index in [1.165, 1.54) is 10.6 Å². The van der Waals surface area contributed by atoms with Gasteiger partial charge in [0.1, 0.15) is 18.2 Å². The number of hydrogen-bond donors (Lipinski definition) is 1. The normalized spacial score (nSPS) is 10.5. The van der Waals surface area contributed by atoms with Gasteiger partial charge in [-0.1, -0.05) is 23.7 Å². The summed E-state index contributed by atoms with van der Waals surface area (Å²) >= 11 is 5.84. The Morgan fingerprint density at radius 2 is 1.91 bits per heavy atom. The third-order valence-electron chi connectivity index (χ3n) is 3.26. The van der Waals surface area contributed by atoms with Gasteiger partial charge in [-0.2, -0.15) is 0 Å². The van der Waals surface area contributed by atoms with Crippen LogP contribution in [0, 0.1) is 0 Å². The van der Waals surface area contributed by atoms with E-state index in [1.54, 1.807) is 42.7 Å². The predicted molar refractivity (Wildman–Crippen MR) is 90.0 cm³/mol. The van der Waals surface area contributed by atoms with Crippen molar-refractivity contribution in [1.29, 1.82) is 0 Å². The number of nitrogens with two attached hydrogens (primary N) is 1. The maximum absolute atomic E-state index is 12.2. The first-order valence-electron chi connectivity index (χ1n) is 6.94. The van der Waals surface area contributed by atoms with E-state index in [0.717, 1.165) is 5.56 Å². The molecule has 0 saturated heterocycles. The fourth-order valence-corrected chi connectivity index (χ4v) is 2.18. The molecule has 0 saturated carbocycles.